The molecule has 0 spiro atoms. The van der Waals surface area contributed by atoms with Gasteiger partial charge in [0.25, 0.3) is 0 Å². The van der Waals surface area contributed by atoms with Gasteiger partial charge in [-0.15, -0.1) is 0 Å². The summed E-state index contributed by atoms with van der Waals surface area (Å²) in [5, 5.41) is 0. The number of rotatable bonds is 3. The molecular formula is C8H15F3N2. The van der Waals surface area contributed by atoms with Gasteiger partial charge in [-0.1, -0.05) is 13.3 Å². The van der Waals surface area contributed by atoms with E-state index in [2.05, 4.69) is 0 Å². The Bertz CT molecular complexity index is 173. The van der Waals surface area contributed by atoms with Gasteiger partial charge in [0.15, 0.2) is 0 Å². The van der Waals surface area contributed by atoms with Gasteiger partial charge in [0.05, 0.1) is 6.54 Å². The number of nitrogens with zero attached hydrogens (tertiary/aromatic N) is 1. The Balaban J connectivity index is 2.25. The Labute approximate surface area is 75.9 Å². The predicted molar refractivity (Wildman–Crippen MR) is 44.3 cm³/mol. The van der Waals surface area contributed by atoms with Crippen LogP contribution in [0.1, 0.15) is 19.8 Å². The zero-order valence-electron chi connectivity index (χ0n) is 7.69. The molecule has 13 heavy (non-hydrogen) atoms. The van der Waals surface area contributed by atoms with E-state index in [1.165, 1.54) is 4.90 Å². The van der Waals surface area contributed by atoms with Crippen LogP contribution in [0.5, 0.6) is 0 Å². The van der Waals surface area contributed by atoms with E-state index in [9.17, 15) is 13.2 Å². The molecule has 1 heterocycles. The molecule has 0 aromatic carbocycles. The lowest BCUT2D eigenvalue weighted by Crippen LogP contribution is -2.68. The number of halogens is 3. The Morgan fingerprint density at radius 1 is 1.38 bits per heavy atom. The number of hydrogen-bond donors (Lipinski definition) is 1. The van der Waals surface area contributed by atoms with Crippen LogP contribution in [0.4, 0.5) is 13.2 Å². The van der Waals surface area contributed by atoms with Gasteiger partial charge in [0, 0.05) is 18.6 Å². The SMILES string of the molecule is CCCC1(N)CN(CC(F)(F)F)C1. The summed E-state index contributed by atoms with van der Waals surface area (Å²) in [6, 6.07) is 0. The van der Waals surface area contributed by atoms with Crippen LogP contribution in [0.3, 0.4) is 0 Å². The van der Waals surface area contributed by atoms with Crippen molar-refractivity contribution in [3.63, 3.8) is 0 Å². The summed E-state index contributed by atoms with van der Waals surface area (Å²) in [6.45, 7) is 1.91. The maximum atomic E-state index is 11.9. The van der Waals surface area contributed by atoms with E-state index in [0.29, 0.717) is 13.1 Å². The number of likely N-dealkylation sites (tertiary alicyclic amines) is 1. The summed E-state index contributed by atoms with van der Waals surface area (Å²) in [7, 11) is 0. The summed E-state index contributed by atoms with van der Waals surface area (Å²) in [4.78, 5) is 1.34. The lowest BCUT2D eigenvalue weighted by molar-refractivity contribution is -0.160. The molecule has 2 nitrogen and oxygen atoms in total. The first-order chi connectivity index (χ1) is 5.85. The van der Waals surface area contributed by atoms with Crippen molar-refractivity contribution in [3.05, 3.63) is 0 Å². The Morgan fingerprint density at radius 2 is 1.92 bits per heavy atom. The number of alkyl halides is 3. The van der Waals surface area contributed by atoms with Crippen LogP contribution >= 0.6 is 0 Å². The molecule has 0 radical (unpaired) electrons. The molecule has 0 saturated carbocycles. The lowest BCUT2D eigenvalue weighted by Gasteiger charge is -2.48. The minimum absolute atomic E-state index is 0.361. The highest BCUT2D eigenvalue weighted by atomic mass is 19.4. The van der Waals surface area contributed by atoms with Gasteiger partial charge in [0.1, 0.15) is 0 Å². The molecule has 0 aliphatic carbocycles. The number of nitrogens with two attached hydrogens (primary N) is 1. The van der Waals surface area contributed by atoms with Crippen molar-refractivity contribution >= 4 is 0 Å². The third-order valence-electron chi connectivity index (χ3n) is 2.23. The van der Waals surface area contributed by atoms with Gasteiger partial charge in [-0.3, -0.25) is 4.90 Å². The fourth-order valence-electron chi connectivity index (χ4n) is 1.87. The van der Waals surface area contributed by atoms with Gasteiger partial charge in [-0.2, -0.15) is 13.2 Å². The van der Waals surface area contributed by atoms with Crippen LogP contribution in [0.25, 0.3) is 0 Å². The van der Waals surface area contributed by atoms with Crippen LogP contribution in [0, 0.1) is 0 Å². The van der Waals surface area contributed by atoms with E-state index >= 15 is 0 Å². The fraction of sp³-hybridized carbons (Fsp3) is 1.00. The van der Waals surface area contributed by atoms with Crippen molar-refractivity contribution in [1.29, 1.82) is 0 Å². The van der Waals surface area contributed by atoms with E-state index in [1.807, 2.05) is 6.92 Å². The molecule has 0 aromatic rings. The summed E-state index contributed by atoms with van der Waals surface area (Å²) in [6.07, 6.45) is -2.36. The number of hydrogen-bond acceptors (Lipinski definition) is 2. The molecular weight excluding hydrogens is 181 g/mol. The highest BCUT2D eigenvalue weighted by Crippen LogP contribution is 2.27. The van der Waals surface area contributed by atoms with Crippen molar-refractivity contribution in [2.24, 2.45) is 5.73 Å². The largest absolute Gasteiger partial charge is 0.401 e. The molecule has 78 valence electrons. The first-order valence-electron chi connectivity index (χ1n) is 4.43. The van der Waals surface area contributed by atoms with Crippen LogP contribution in [-0.2, 0) is 0 Å². The molecule has 0 bridgehead atoms. The highest BCUT2D eigenvalue weighted by Gasteiger charge is 2.43. The smallest absolute Gasteiger partial charge is 0.323 e. The van der Waals surface area contributed by atoms with E-state index in [-0.39, 0.29) is 5.54 Å². The average molecular weight is 196 g/mol. The van der Waals surface area contributed by atoms with Crippen molar-refractivity contribution in [3.8, 4) is 0 Å². The molecule has 1 aliphatic rings. The first kappa shape index (κ1) is 10.8. The first-order valence-corrected chi connectivity index (χ1v) is 4.43. The third-order valence-corrected chi connectivity index (χ3v) is 2.23. The molecule has 0 unspecified atom stereocenters. The van der Waals surface area contributed by atoms with Gasteiger partial charge < -0.3 is 5.73 Å². The summed E-state index contributed by atoms with van der Waals surface area (Å²) < 4.78 is 35.6. The summed E-state index contributed by atoms with van der Waals surface area (Å²) >= 11 is 0. The Morgan fingerprint density at radius 3 is 2.31 bits per heavy atom. The third kappa shape index (κ3) is 3.15. The minimum Gasteiger partial charge on any atom is -0.323 e. The fourth-order valence-corrected chi connectivity index (χ4v) is 1.87. The Kier molecular flexibility index (Phi) is 2.87. The summed E-state index contributed by atoms with van der Waals surface area (Å²) in [5.74, 6) is 0. The van der Waals surface area contributed by atoms with Crippen LogP contribution in [-0.4, -0.2) is 36.2 Å². The zero-order chi connectivity index (χ0) is 10.1. The van der Waals surface area contributed by atoms with Gasteiger partial charge in [-0.05, 0) is 6.42 Å². The summed E-state index contributed by atoms with van der Waals surface area (Å²) in [5.41, 5.74) is 5.45. The van der Waals surface area contributed by atoms with Gasteiger partial charge >= 0.3 is 6.18 Å². The highest BCUT2D eigenvalue weighted by molar-refractivity contribution is 4.99. The quantitative estimate of drug-likeness (QED) is 0.738. The standard InChI is InChI=1S/C8H15F3N2/c1-2-3-7(12)4-13(5-7)6-8(9,10)11/h2-6,12H2,1H3. The van der Waals surface area contributed by atoms with Gasteiger partial charge in [-0.25, -0.2) is 0 Å². The van der Waals surface area contributed by atoms with E-state index in [4.69, 9.17) is 5.73 Å². The molecule has 0 aromatic heterocycles. The van der Waals surface area contributed by atoms with Crippen LogP contribution in [0.2, 0.25) is 0 Å². The molecule has 1 fully saturated rings. The molecule has 0 amide bonds. The second-order valence-corrected chi connectivity index (χ2v) is 3.87. The van der Waals surface area contributed by atoms with E-state index in [0.717, 1.165) is 12.8 Å². The van der Waals surface area contributed by atoms with Crippen molar-refractivity contribution in [1.82, 2.24) is 4.90 Å². The molecule has 2 N–H and O–H groups in total. The lowest BCUT2D eigenvalue weighted by atomic mass is 9.86. The maximum absolute atomic E-state index is 11.9. The van der Waals surface area contributed by atoms with Crippen molar-refractivity contribution in [2.75, 3.05) is 19.6 Å². The molecule has 0 atom stereocenters. The zero-order valence-corrected chi connectivity index (χ0v) is 7.69. The molecule has 5 heteroatoms. The molecule has 1 rings (SSSR count). The van der Waals surface area contributed by atoms with Crippen molar-refractivity contribution < 1.29 is 13.2 Å². The monoisotopic (exact) mass is 196 g/mol. The van der Waals surface area contributed by atoms with E-state index < -0.39 is 12.7 Å². The predicted octanol–water partition coefficient (Wildman–Crippen LogP) is 1.36. The molecule has 1 saturated heterocycles. The van der Waals surface area contributed by atoms with Crippen LogP contribution in [0.15, 0.2) is 0 Å². The maximum Gasteiger partial charge on any atom is 0.401 e. The second kappa shape index (κ2) is 3.46. The van der Waals surface area contributed by atoms with Gasteiger partial charge in [0.2, 0.25) is 0 Å². The van der Waals surface area contributed by atoms with Crippen molar-refractivity contribution in [2.45, 2.75) is 31.5 Å². The normalized spacial score (nSPS) is 22.8. The minimum atomic E-state index is -4.09. The van der Waals surface area contributed by atoms with Crippen LogP contribution < -0.4 is 5.73 Å². The molecule has 1 aliphatic heterocycles. The topological polar surface area (TPSA) is 29.3 Å². The van der Waals surface area contributed by atoms with E-state index in [1.54, 1.807) is 0 Å². The second-order valence-electron chi connectivity index (χ2n) is 3.87. The average Bonchev–Trinajstić information content (AvgIpc) is 1.80. The Hall–Kier alpha value is -0.290.